The van der Waals surface area contributed by atoms with Crippen LogP contribution in [0.1, 0.15) is 17.0 Å². The molecule has 1 N–H and O–H groups in total. The monoisotopic (exact) mass is 371 g/mol. The van der Waals surface area contributed by atoms with Crippen LogP contribution in [0.4, 0.5) is 10.5 Å². The molecule has 146 valence electrons. The summed E-state index contributed by atoms with van der Waals surface area (Å²) in [7, 11) is 1.71. The van der Waals surface area contributed by atoms with E-state index >= 15 is 0 Å². The number of ether oxygens (including phenoxy) is 1. The van der Waals surface area contributed by atoms with Gasteiger partial charge in [-0.3, -0.25) is 9.58 Å². The Bertz CT molecular complexity index is 748. The van der Waals surface area contributed by atoms with E-state index in [0.717, 1.165) is 68.5 Å². The molecular weight excluding hydrogens is 342 g/mol. The van der Waals surface area contributed by atoms with Crippen molar-refractivity contribution in [2.75, 3.05) is 51.8 Å². The first-order valence-electron chi connectivity index (χ1n) is 9.42. The van der Waals surface area contributed by atoms with Gasteiger partial charge in [-0.25, -0.2) is 4.79 Å². The van der Waals surface area contributed by atoms with Crippen LogP contribution in [0.25, 0.3) is 0 Å². The summed E-state index contributed by atoms with van der Waals surface area (Å²) >= 11 is 0. The zero-order valence-electron chi connectivity index (χ0n) is 16.4. The fourth-order valence-electron chi connectivity index (χ4n) is 3.30. The van der Waals surface area contributed by atoms with Crippen molar-refractivity contribution in [3.05, 3.63) is 47.3 Å². The third-order valence-electron chi connectivity index (χ3n) is 4.91. The number of carbonyl (C=O) groups excluding carboxylic acids is 1. The summed E-state index contributed by atoms with van der Waals surface area (Å²) < 4.78 is 7.10. The number of benzene rings is 1. The highest BCUT2D eigenvalue weighted by molar-refractivity contribution is 5.89. The van der Waals surface area contributed by atoms with Gasteiger partial charge in [-0.05, 0) is 37.6 Å². The number of nitrogens with one attached hydrogen (secondary N) is 1. The van der Waals surface area contributed by atoms with Crippen LogP contribution in [-0.2, 0) is 11.3 Å². The van der Waals surface area contributed by atoms with Crippen LogP contribution in [0.3, 0.4) is 0 Å². The quantitative estimate of drug-likeness (QED) is 0.847. The molecule has 1 saturated heterocycles. The van der Waals surface area contributed by atoms with E-state index in [0.29, 0.717) is 0 Å². The van der Waals surface area contributed by atoms with Gasteiger partial charge in [0, 0.05) is 51.2 Å². The smallest absolute Gasteiger partial charge is 0.321 e. The largest absolute Gasteiger partial charge is 0.383 e. The first-order valence-corrected chi connectivity index (χ1v) is 9.42. The van der Waals surface area contributed by atoms with Crippen LogP contribution < -0.4 is 5.32 Å². The van der Waals surface area contributed by atoms with Crippen molar-refractivity contribution in [3.8, 4) is 0 Å². The van der Waals surface area contributed by atoms with Crippen molar-refractivity contribution in [1.29, 1.82) is 0 Å². The Balaban J connectivity index is 1.49. The minimum atomic E-state index is -0.0345. The molecule has 1 fully saturated rings. The third kappa shape index (κ3) is 5.30. The molecule has 3 rings (SSSR count). The molecule has 1 aromatic carbocycles. The van der Waals surface area contributed by atoms with Crippen LogP contribution in [-0.4, -0.2) is 72.1 Å². The van der Waals surface area contributed by atoms with E-state index in [1.165, 1.54) is 0 Å². The molecule has 27 heavy (non-hydrogen) atoms. The number of nitrogens with zero attached hydrogens (tertiary/aromatic N) is 4. The van der Waals surface area contributed by atoms with Crippen molar-refractivity contribution < 1.29 is 9.53 Å². The lowest BCUT2D eigenvalue weighted by molar-refractivity contribution is 0.109. The number of hydrogen-bond acceptors (Lipinski definition) is 4. The second-order valence-electron chi connectivity index (χ2n) is 7.03. The van der Waals surface area contributed by atoms with E-state index in [4.69, 9.17) is 4.74 Å². The van der Waals surface area contributed by atoms with Gasteiger partial charge in [0.2, 0.25) is 0 Å². The van der Waals surface area contributed by atoms with Crippen LogP contribution in [0.2, 0.25) is 0 Å². The van der Waals surface area contributed by atoms with Crippen molar-refractivity contribution in [3.63, 3.8) is 0 Å². The lowest BCUT2D eigenvalue weighted by Crippen LogP contribution is -2.50. The molecule has 7 heteroatoms. The Labute approximate surface area is 160 Å². The van der Waals surface area contributed by atoms with Gasteiger partial charge in [-0.1, -0.05) is 12.1 Å². The number of hydrogen-bond donors (Lipinski definition) is 1. The lowest BCUT2D eigenvalue weighted by Gasteiger charge is -2.34. The Morgan fingerprint density at radius 3 is 2.44 bits per heavy atom. The summed E-state index contributed by atoms with van der Waals surface area (Å²) in [4.78, 5) is 16.7. The molecule has 1 aliphatic heterocycles. The van der Waals surface area contributed by atoms with Crippen LogP contribution in [0.15, 0.2) is 30.3 Å². The highest BCUT2D eigenvalue weighted by Gasteiger charge is 2.20. The average molecular weight is 371 g/mol. The third-order valence-corrected chi connectivity index (χ3v) is 4.91. The minimum absolute atomic E-state index is 0.0345. The molecule has 2 heterocycles. The molecule has 2 aromatic rings. The average Bonchev–Trinajstić information content (AvgIpc) is 2.99. The minimum Gasteiger partial charge on any atom is -0.383 e. The second-order valence-corrected chi connectivity index (χ2v) is 7.03. The number of anilines is 1. The molecule has 0 radical (unpaired) electrons. The Morgan fingerprint density at radius 2 is 1.85 bits per heavy atom. The summed E-state index contributed by atoms with van der Waals surface area (Å²) in [6.07, 6.45) is 0. The van der Waals surface area contributed by atoms with Gasteiger partial charge in [0.25, 0.3) is 0 Å². The van der Waals surface area contributed by atoms with E-state index in [2.05, 4.69) is 28.3 Å². The van der Waals surface area contributed by atoms with E-state index in [-0.39, 0.29) is 6.03 Å². The SMILES string of the molecule is COCCN1CCN(C(=O)Nc2ccc(Cn3nc(C)cc3C)cc2)CC1. The van der Waals surface area contributed by atoms with Crippen molar-refractivity contribution >= 4 is 11.7 Å². The number of rotatable bonds is 6. The zero-order chi connectivity index (χ0) is 19.2. The molecule has 0 saturated carbocycles. The fourth-order valence-corrected chi connectivity index (χ4v) is 3.30. The molecule has 0 atom stereocenters. The summed E-state index contributed by atoms with van der Waals surface area (Å²) in [5.74, 6) is 0. The summed E-state index contributed by atoms with van der Waals surface area (Å²) in [5.41, 5.74) is 4.15. The van der Waals surface area contributed by atoms with Gasteiger partial charge < -0.3 is 15.0 Å². The van der Waals surface area contributed by atoms with Crippen LogP contribution in [0.5, 0.6) is 0 Å². The number of urea groups is 1. The van der Waals surface area contributed by atoms with Gasteiger partial charge in [0.05, 0.1) is 18.8 Å². The van der Waals surface area contributed by atoms with Crippen molar-refractivity contribution in [2.24, 2.45) is 0 Å². The summed E-state index contributed by atoms with van der Waals surface area (Å²) in [6, 6.07) is 10.0. The van der Waals surface area contributed by atoms with Crippen molar-refractivity contribution in [2.45, 2.75) is 20.4 Å². The van der Waals surface area contributed by atoms with Gasteiger partial charge in [0.15, 0.2) is 0 Å². The molecule has 0 aliphatic carbocycles. The summed E-state index contributed by atoms with van der Waals surface area (Å²) in [6.45, 7) is 9.70. The van der Waals surface area contributed by atoms with Gasteiger partial charge in [-0.2, -0.15) is 5.10 Å². The molecular formula is C20H29N5O2. The van der Waals surface area contributed by atoms with Gasteiger partial charge in [-0.15, -0.1) is 0 Å². The standard InChI is InChI=1S/C20H29N5O2/c1-16-14-17(2)25(22-16)15-18-4-6-19(7-5-18)21-20(26)24-10-8-23(9-11-24)12-13-27-3/h4-7,14H,8-13,15H2,1-3H3,(H,21,26). The van der Waals surface area contributed by atoms with Crippen molar-refractivity contribution in [1.82, 2.24) is 19.6 Å². The number of methoxy groups -OCH3 is 1. The predicted octanol–water partition coefficient (Wildman–Crippen LogP) is 2.34. The maximum Gasteiger partial charge on any atom is 0.321 e. The van der Waals surface area contributed by atoms with E-state index in [9.17, 15) is 4.79 Å². The van der Waals surface area contributed by atoms with Gasteiger partial charge in [0.1, 0.15) is 0 Å². The van der Waals surface area contributed by atoms with E-state index < -0.39 is 0 Å². The molecule has 1 aliphatic rings. The maximum absolute atomic E-state index is 12.5. The molecule has 2 amide bonds. The lowest BCUT2D eigenvalue weighted by atomic mass is 10.2. The Morgan fingerprint density at radius 1 is 1.15 bits per heavy atom. The molecule has 7 nitrogen and oxygen atoms in total. The topological polar surface area (TPSA) is 62.6 Å². The Hall–Kier alpha value is -2.38. The highest BCUT2D eigenvalue weighted by atomic mass is 16.5. The number of piperazine rings is 1. The molecule has 0 unspecified atom stereocenters. The first kappa shape index (κ1) is 19.4. The highest BCUT2D eigenvalue weighted by Crippen LogP contribution is 2.13. The number of aromatic nitrogens is 2. The van der Waals surface area contributed by atoms with Crippen LogP contribution >= 0.6 is 0 Å². The van der Waals surface area contributed by atoms with E-state index in [1.54, 1.807) is 7.11 Å². The van der Waals surface area contributed by atoms with Crippen LogP contribution in [0, 0.1) is 13.8 Å². The van der Waals surface area contributed by atoms with E-state index in [1.807, 2.05) is 40.8 Å². The normalized spacial score (nSPS) is 15.1. The first-order chi connectivity index (χ1) is 13.0. The number of carbonyl (C=O) groups is 1. The molecule has 1 aromatic heterocycles. The number of aryl methyl sites for hydroxylation is 2. The van der Waals surface area contributed by atoms with Gasteiger partial charge >= 0.3 is 6.03 Å². The molecule has 0 bridgehead atoms. The second kappa shape index (κ2) is 9.01. The number of amides is 2. The Kier molecular flexibility index (Phi) is 6.47. The molecule has 0 spiro atoms. The fraction of sp³-hybridized carbons (Fsp3) is 0.500. The maximum atomic E-state index is 12.5. The predicted molar refractivity (Wildman–Crippen MR) is 106 cm³/mol. The zero-order valence-corrected chi connectivity index (χ0v) is 16.4. The summed E-state index contributed by atoms with van der Waals surface area (Å²) in [5, 5.41) is 7.49.